The van der Waals surface area contributed by atoms with Crippen molar-refractivity contribution in [2.45, 2.75) is 65.0 Å². The Balaban J connectivity index is 1.98. The van der Waals surface area contributed by atoms with Gasteiger partial charge < -0.3 is 14.6 Å². The number of hydrogen-bond acceptors (Lipinski definition) is 5. The van der Waals surface area contributed by atoms with Crippen LogP contribution < -0.4 is 4.74 Å². The lowest BCUT2D eigenvalue weighted by molar-refractivity contribution is -0.138. The van der Waals surface area contributed by atoms with Crippen molar-refractivity contribution in [3.63, 3.8) is 0 Å². The maximum atomic E-state index is 11.2. The number of aryl methyl sites for hydroxylation is 1. The van der Waals surface area contributed by atoms with Crippen LogP contribution in [-0.2, 0) is 28.8 Å². The van der Waals surface area contributed by atoms with E-state index >= 15 is 0 Å². The largest absolute Gasteiger partial charge is 0.496 e. The van der Waals surface area contributed by atoms with Gasteiger partial charge in [0.15, 0.2) is 0 Å². The van der Waals surface area contributed by atoms with Gasteiger partial charge in [0, 0.05) is 25.0 Å². The van der Waals surface area contributed by atoms with Crippen LogP contribution in [0, 0.1) is 6.92 Å². The van der Waals surface area contributed by atoms with Crippen molar-refractivity contribution in [1.82, 2.24) is 0 Å². The Morgan fingerprint density at radius 3 is 2.70 bits per heavy atom. The third-order valence-corrected chi connectivity index (χ3v) is 5.53. The summed E-state index contributed by atoms with van der Waals surface area (Å²) in [5, 5.41) is 17.8. The molecule has 1 aromatic rings. The molecule has 1 atom stereocenters. The molecule has 3 rings (SSSR count). The molecule has 0 bridgehead atoms. The van der Waals surface area contributed by atoms with Gasteiger partial charge in [-0.05, 0) is 62.3 Å². The predicted molar refractivity (Wildman–Crippen MR) is 102 cm³/mol. The number of carboxylic acid groups (broad SMARTS) is 1. The lowest BCUT2D eigenvalue weighted by atomic mass is 9.88. The van der Waals surface area contributed by atoms with Gasteiger partial charge in [0.25, 0.3) is 0 Å². The summed E-state index contributed by atoms with van der Waals surface area (Å²) in [7, 11) is 1.73. The fraction of sp³-hybridized carbons (Fsp3) is 0.571. The first-order valence-electron chi connectivity index (χ1n) is 9.59. The third-order valence-electron chi connectivity index (χ3n) is 5.53. The van der Waals surface area contributed by atoms with Crippen molar-refractivity contribution < 1.29 is 19.4 Å². The summed E-state index contributed by atoms with van der Waals surface area (Å²) >= 11 is 0. The zero-order valence-electron chi connectivity index (χ0n) is 16.6. The Kier molecular flexibility index (Phi) is 5.65. The Morgan fingerprint density at radius 2 is 2.04 bits per heavy atom. The predicted octanol–water partition coefficient (Wildman–Crippen LogP) is 4.37. The Hall–Kier alpha value is -2.21. The first-order valence-corrected chi connectivity index (χ1v) is 9.59. The SMILES string of the molecule is CCOC1(CCC(=O)O)N=NC(C)=C1Cc1cc(C)c(OC)c2c1CCC2. The second-order valence-electron chi connectivity index (χ2n) is 7.25. The molecule has 0 fully saturated rings. The van der Waals surface area contributed by atoms with Crippen molar-refractivity contribution in [2.75, 3.05) is 13.7 Å². The van der Waals surface area contributed by atoms with Gasteiger partial charge in [-0.25, -0.2) is 0 Å². The lowest BCUT2D eigenvalue weighted by Crippen LogP contribution is -2.33. The summed E-state index contributed by atoms with van der Waals surface area (Å²) in [5.41, 5.74) is 5.89. The molecule has 0 saturated heterocycles. The molecule has 1 heterocycles. The Labute approximate surface area is 160 Å². The molecule has 0 radical (unpaired) electrons. The molecule has 1 unspecified atom stereocenters. The standard InChI is InChI=1S/C21H28N2O4/c1-5-27-21(10-9-19(24)25)18(14(3)22-23-21)12-15-11-13(2)20(26-4)17-8-6-7-16(15)17/h11H,5-10,12H2,1-4H3,(H,24,25). The van der Waals surface area contributed by atoms with Gasteiger partial charge in [-0.2, -0.15) is 5.11 Å². The molecule has 1 aliphatic heterocycles. The van der Waals surface area contributed by atoms with Crippen molar-refractivity contribution in [1.29, 1.82) is 0 Å². The van der Waals surface area contributed by atoms with Gasteiger partial charge in [-0.1, -0.05) is 6.07 Å². The van der Waals surface area contributed by atoms with Crippen LogP contribution in [0.4, 0.5) is 0 Å². The zero-order chi connectivity index (χ0) is 19.6. The molecule has 1 N–H and O–H groups in total. The van der Waals surface area contributed by atoms with Crippen LogP contribution in [0.3, 0.4) is 0 Å². The summed E-state index contributed by atoms with van der Waals surface area (Å²) < 4.78 is 11.6. The zero-order valence-corrected chi connectivity index (χ0v) is 16.6. The first-order chi connectivity index (χ1) is 12.9. The number of rotatable bonds is 8. The van der Waals surface area contributed by atoms with Crippen LogP contribution in [-0.4, -0.2) is 30.5 Å². The summed E-state index contributed by atoms with van der Waals surface area (Å²) in [6.07, 6.45) is 4.17. The molecular formula is C21H28N2O4. The molecular weight excluding hydrogens is 344 g/mol. The van der Waals surface area contributed by atoms with Crippen LogP contribution in [0.1, 0.15) is 55.4 Å². The van der Waals surface area contributed by atoms with E-state index in [0.717, 1.165) is 41.8 Å². The second kappa shape index (κ2) is 7.80. The number of allylic oxidation sites excluding steroid dienone is 1. The van der Waals surface area contributed by atoms with E-state index < -0.39 is 11.7 Å². The highest BCUT2D eigenvalue weighted by Gasteiger charge is 2.41. The van der Waals surface area contributed by atoms with Crippen LogP contribution in [0.25, 0.3) is 0 Å². The molecule has 0 amide bonds. The average Bonchev–Trinajstić information content (AvgIpc) is 3.21. The molecule has 6 nitrogen and oxygen atoms in total. The van der Waals surface area contributed by atoms with E-state index in [0.29, 0.717) is 19.4 Å². The van der Waals surface area contributed by atoms with Gasteiger partial charge in [0.2, 0.25) is 5.72 Å². The summed E-state index contributed by atoms with van der Waals surface area (Å²) in [5.74, 6) is 0.147. The second-order valence-corrected chi connectivity index (χ2v) is 7.25. The van der Waals surface area contributed by atoms with E-state index in [4.69, 9.17) is 14.6 Å². The number of hydrogen-bond donors (Lipinski definition) is 1. The number of methoxy groups -OCH3 is 1. The third kappa shape index (κ3) is 3.63. The molecule has 1 aromatic carbocycles. The number of carboxylic acids is 1. The highest BCUT2D eigenvalue weighted by molar-refractivity contribution is 5.67. The van der Waals surface area contributed by atoms with Gasteiger partial charge in [-0.3, -0.25) is 4.79 Å². The van der Waals surface area contributed by atoms with Crippen molar-refractivity contribution in [3.8, 4) is 5.75 Å². The maximum Gasteiger partial charge on any atom is 0.303 e. The Morgan fingerprint density at radius 1 is 1.30 bits per heavy atom. The van der Waals surface area contributed by atoms with Gasteiger partial charge in [0.1, 0.15) is 5.75 Å². The molecule has 2 aliphatic rings. The quantitative estimate of drug-likeness (QED) is 0.735. The van der Waals surface area contributed by atoms with E-state index in [1.807, 2.05) is 13.8 Å². The van der Waals surface area contributed by atoms with Crippen LogP contribution in [0.2, 0.25) is 0 Å². The van der Waals surface area contributed by atoms with Crippen molar-refractivity contribution in [3.05, 3.63) is 39.6 Å². The number of aliphatic carboxylic acids is 1. The van der Waals surface area contributed by atoms with Crippen molar-refractivity contribution in [2.24, 2.45) is 10.2 Å². The minimum atomic E-state index is -0.962. The minimum absolute atomic E-state index is 0.00442. The van der Waals surface area contributed by atoms with E-state index in [2.05, 4.69) is 23.2 Å². The summed E-state index contributed by atoms with van der Waals surface area (Å²) in [4.78, 5) is 11.2. The van der Waals surface area contributed by atoms with Crippen LogP contribution >= 0.6 is 0 Å². The normalized spacial score (nSPS) is 21.0. The number of fused-ring (bicyclic) bond motifs is 1. The van der Waals surface area contributed by atoms with E-state index in [9.17, 15) is 4.79 Å². The first kappa shape index (κ1) is 19.5. The van der Waals surface area contributed by atoms with E-state index in [1.54, 1.807) is 7.11 Å². The average molecular weight is 372 g/mol. The molecule has 0 spiro atoms. The molecule has 0 aromatic heterocycles. The Bertz CT molecular complexity index is 813. The van der Waals surface area contributed by atoms with E-state index in [-0.39, 0.29) is 6.42 Å². The van der Waals surface area contributed by atoms with Gasteiger partial charge in [-0.15, -0.1) is 5.11 Å². The number of azo groups is 1. The molecule has 0 saturated carbocycles. The minimum Gasteiger partial charge on any atom is -0.496 e. The molecule has 1 aliphatic carbocycles. The van der Waals surface area contributed by atoms with Crippen molar-refractivity contribution >= 4 is 5.97 Å². The number of ether oxygens (including phenoxy) is 2. The molecule has 27 heavy (non-hydrogen) atoms. The summed E-state index contributed by atoms with van der Waals surface area (Å²) in [6, 6.07) is 2.19. The topological polar surface area (TPSA) is 80.5 Å². The highest BCUT2D eigenvalue weighted by atomic mass is 16.5. The maximum absolute atomic E-state index is 11.2. The molecule has 6 heteroatoms. The molecule has 146 valence electrons. The van der Waals surface area contributed by atoms with E-state index in [1.165, 1.54) is 16.7 Å². The van der Waals surface area contributed by atoms with Crippen LogP contribution in [0.15, 0.2) is 27.6 Å². The van der Waals surface area contributed by atoms with Gasteiger partial charge in [0.05, 0.1) is 19.2 Å². The monoisotopic (exact) mass is 372 g/mol. The lowest BCUT2D eigenvalue weighted by Gasteiger charge is -2.28. The fourth-order valence-corrected chi connectivity index (χ4v) is 4.36. The number of benzene rings is 1. The smallest absolute Gasteiger partial charge is 0.303 e. The highest BCUT2D eigenvalue weighted by Crippen LogP contribution is 2.42. The number of carbonyl (C=O) groups is 1. The summed E-state index contributed by atoms with van der Waals surface area (Å²) in [6.45, 7) is 6.36. The van der Waals surface area contributed by atoms with Crippen LogP contribution in [0.5, 0.6) is 5.75 Å². The fourth-order valence-electron chi connectivity index (χ4n) is 4.36. The van der Waals surface area contributed by atoms with Gasteiger partial charge >= 0.3 is 5.97 Å². The number of nitrogens with zero attached hydrogens (tertiary/aromatic N) is 2.